The van der Waals surface area contributed by atoms with Gasteiger partial charge in [0.15, 0.2) is 0 Å². The smallest absolute Gasteiger partial charge is 0.331 e. The summed E-state index contributed by atoms with van der Waals surface area (Å²) < 4.78 is 4.93. The Morgan fingerprint density at radius 2 is 1.76 bits per heavy atom. The van der Waals surface area contributed by atoms with Crippen LogP contribution in [0.3, 0.4) is 0 Å². The number of nitrogens with one attached hydrogen (secondary N) is 1. The lowest BCUT2D eigenvalue weighted by molar-refractivity contribution is -0.153. The number of esters is 1. The highest BCUT2D eigenvalue weighted by Gasteiger charge is 2.43. The molecule has 0 radical (unpaired) electrons. The number of unbranched alkanes of at least 4 members (excludes halogenated alkanes) is 4. The van der Waals surface area contributed by atoms with Crippen molar-refractivity contribution in [2.24, 2.45) is 5.92 Å². The summed E-state index contributed by atoms with van der Waals surface area (Å²) in [6.45, 7) is 4.37. The second kappa shape index (κ2) is 9.06. The molecule has 0 unspecified atom stereocenters. The lowest BCUT2D eigenvalue weighted by Gasteiger charge is -2.37. The second-order valence-electron chi connectivity index (χ2n) is 6.47. The van der Waals surface area contributed by atoms with Crippen LogP contribution in [-0.2, 0) is 14.3 Å². The van der Waals surface area contributed by atoms with E-state index in [2.05, 4.69) is 19.2 Å². The van der Waals surface area contributed by atoms with Gasteiger partial charge in [-0.2, -0.15) is 0 Å². The zero-order valence-corrected chi connectivity index (χ0v) is 13.9. The molecular formula is C17H31NO3. The van der Waals surface area contributed by atoms with Crippen molar-refractivity contribution >= 4 is 11.9 Å². The maximum atomic E-state index is 12.1. The largest absolute Gasteiger partial charge is 0.467 e. The van der Waals surface area contributed by atoms with E-state index in [0.717, 1.165) is 25.7 Å². The SMILES string of the molecule is CCCCCCCC(=O)NC1(C(=O)OC)CCC(C)CC1. The summed E-state index contributed by atoms with van der Waals surface area (Å²) in [4.78, 5) is 24.2. The Morgan fingerprint density at radius 3 is 2.33 bits per heavy atom. The van der Waals surface area contributed by atoms with Crippen molar-refractivity contribution in [2.75, 3.05) is 7.11 Å². The van der Waals surface area contributed by atoms with Crippen LogP contribution in [0, 0.1) is 5.92 Å². The van der Waals surface area contributed by atoms with Gasteiger partial charge in [-0.15, -0.1) is 0 Å². The maximum Gasteiger partial charge on any atom is 0.331 e. The predicted octanol–water partition coefficient (Wildman–Crippen LogP) is 3.59. The number of methoxy groups -OCH3 is 1. The topological polar surface area (TPSA) is 55.4 Å². The van der Waals surface area contributed by atoms with Crippen LogP contribution in [0.4, 0.5) is 0 Å². The number of ether oxygens (including phenoxy) is 1. The van der Waals surface area contributed by atoms with Gasteiger partial charge in [-0.25, -0.2) is 4.79 Å². The standard InChI is InChI=1S/C17H31NO3/c1-4-5-6-7-8-9-15(19)18-17(16(20)21-3)12-10-14(2)11-13-17/h14H,4-13H2,1-3H3,(H,18,19). The van der Waals surface area contributed by atoms with Crippen molar-refractivity contribution in [3.05, 3.63) is 0 Å². The molecule has 0 aromatic heterocycles. The second-order valence-corrected chi connectivity index (χ2v) is 6.47. The fraction of sp³-hybridized carbons (Fsp3) is 0.882. The average Bonchev–Trinajstić information content (AvgIpc) is 2.48. The molecule has 1 aliphatic rings. The Kier molecular flexibility index (Phi) is 7.76. The Morgan fingerprint density at radius 1 is 1.14 bits per heavy atom. The molecule has 0 spiro atoms. The number of rotatable bonds is 8. The summed E-state index contributed by atoms with van der Waals surface area (Å²) in [5.41, 5.74) is -0.776. The van der Waals surface area contributed by atoms with E-state index in [4.69, 9.17) is 4.74 Å². The van der Waals surface area contributed by atoms with Gasteiger partial charge in [-0.3, -0.25) is 4.79 Å². The van der Waals surface area contributed by atoms with Crippen molar-refractivity contribution < 1.29 is 14.3 Å². The summed E-state index contributed by atoms with van der Waals surface area (Å²) in [7, 11) is 1.40. The van der Waals surface area contributed by atoms with Gasteiger partial charge in [-0.05, 0) is 38.0 Å². The highest BCUT2D eigenvalue weighted by atomic mass is 16.5. The first-order valence-electron chi connectivity index (χ1n) is 8.43. The summed E-state index contributed by atoms with van der Waals surface area (Å²) in [5.74, 6) is 0.328. The number of carbonyl (C=O) groups excluding carboxylic acids is 2. The first-order chi connectivity index (χ1) is 10.0. The molecule has 122 valence electrons. The lowest BCUT2D eigenvalue weighted by atomic mass is 9.77. The molecule has 1 rings (SSSR count). The number of amides is 1. The molecule has 21 heavy (non-hydrogen) atoms. The van der Waals surface area contributed by atoms with Crippen LogP contribution in [0.5, 0.6) is 0 Å². The molecular weight excluding hydrogens is 266 g/mol. The Bertz CT molecular complexity index is 333. The first kappa shape index (κ1) is 18.0. The third kappa shape index (κ3) is 5.68. The maximum absolute atomic E-state index is 12.1. The molecule has 1 aliphatic carbocycles. The lowest BCUT2D eigenvalue weighted by Crippen LogP contribution is -2.56. The molecule has 1 amide bonds. The van der Waals surface area contributed by atoms with Crippen LogP contribution in [0.2, 0.25) is 0 Å². The van der Waals surface area contributed by atoms with E-state index in [1.807, 2.05) is 0 Å². The van der Waals surface area contributed by atoms with Gasteiger partial charge in [0.25, 0.3) is 0 Å². The summed E-state index contributed by atoms with van der Waals surface area (Å²) in [6.07, 6.45) is 9.44. The van der Waals surface area contributed by atoms with Gasteiger partial charge >= 0.3 is 5.97 Å². The van der Waals surface area contributed by atoms with E-state index < -0.39 is 5.54 Å². The minimum Gasteiger partial charge on any atom is -0.467 e. The molecule has 1 fully saturated rings. The fourth-order valence-corrected chi connectivity index (χ4v) is 3.05. The quantitative estimate of drug-likeness (QED) is 0.550. The van der Waals surface area contributed by atoms with Crippen LogP contribution >= 0.6 is 0 Å². The minimum atomic E-state index is -0.776. The fourth-order valence-electron chi connectivity index (χ4n) is 3.05. The van der Waals surface area contributed by atoms with E-state index >= 15 is 0 Å². The van der Waals surface area contributed by atoms with Gasteiger partial charge < -0.3 is 10.1 Å². The van der Waals surface area contributed by atoms with Crippen molar-refractivity contribution in [1.82, 2.24) is 5.32 Å². The zero-order valence-electron chi connectivity index (χ0n) is 13.9. The predicted molar refractivity (Wildman–Crippen MR) is 83.9 cm³/mol. The number of carbonyl (C=O) groups is 2. The zero-order chi connectivity index (χ0) is 15.7. The number of hydrogen-bond donors (Lipinski definition) is 1. The molecule has 4 nitrogen and oxygen atoms in total. The van der Waals surface area contributed by atoms with E-state index in [1.165, 1.54) is 26.4 Å². The molecule has 0 aromatic rings. The highest BCUT2D eigenvalue weighted by molar-refractivity contribution is 5.88. The minimum absolute atomic E-state index is 0.00792. The van der Waals surface area contributed by atoms with Gasteiger partial charge in [0, 0.05) is 6.42 Å². The Labute approximate surface area is 129 Å². The van der Waals surface area contributed by atoms with Crippen molar-refractivity contribution in [3.63, 3.8) is 0 Å². The molecule has 1 N–H and O–H groups in total. The van der Waals surface area contributed by atoms with Gasteiger partial charge in [0.05, 0.1) is 7.11 Å². The van der Waals surface area contributed by atoms with E-state index in [-0.39, 0.29) is 11.9 Å². The highest BCUT2D eigenvalue weighted by Crippen LogP contribution is 2.33. The van der Waals surface area contributed by atoms with Gasteiger partial charge in [0.1, 0.15) is 5.54 Å². The Balaban J connectivity index is 2.45. The molecule has 1 saturated carbocycles. The summed E-state index contributed by atoms with van der Waals surface area (Å²) in [6, 6.07) is 0. The van der Waals surface area contributed by atoms with Crippen molar-refractivity contribution in [3.8, 4) is 0 Å². The molecule has 0 saturated heterocycles. The normalized spacial score (nSPS) is 25.4. The average molecular weight is 297 g/mol. The third-order valence-corrected chi connectivity index (χ3v) is 4.59. The molecule has 0 aromatic carbocycles. The molecule has 0 atom stereocenters. The van der Waals surface area contributed by atoms with Gasteiger partial charge in [0.2, 0.25) is 5.91 Å². The molecule has 0 bridgehead atoms. The number of hydrogen-bond acceptors (Lipinski definition) is 3. The monoisotopic (exact) mass is 297 g/mol. The third-order valence-electron chi connectivity index (χ3n) is 4.59. The van der Waals surface area contributed by atoms with E-state index in [1.54, 1.807) is 0 Å². The van der Waals surface area contributed by atoms with Crippen LogP contribution in [0.25, 0.3) is 0 Å². The molecule has 4 heteroatoms. The van der Waals surface area contributed by atoms with Crippen LogP contribution in [-0.4, -0.2) is 24.5 Å². The molecule has 0 aliphatic heterocycles. The van der Waals surface area contributed by atoms with Crippen LogP contribution in [0.15, 0.2) is 0 Å². The first-order valence-corrected chi connectivity index (χ1v) is 8.43. The van der Waals surface area contributed by atoms with Crippen molar-refractivity contribution in [1.29, 1.82) is 0 Å². The van der Waals surface area contributed by atoms with E-state index in [0.29, 0.717) is 25.2 Å². The van der Waals surface area contributed by atoms with Gasteiger partial charge in [-0.1, -0.05) is 39.5 Å². The van der Waals surface area contributed by atoms with Crippen LogP contribution < -0.4 is 5.32 Å². The summed E-state index contributed by atoms with van der Waals surface area (Å²) in [5, 5.41) is 2.98. The Hall–Kier alpha value is -1.06. The van der Waals surface area contributed by atoms with Crippen LogP contribution in [0.1, 0.15) is 78.1 Å². The van der Waals surface area contributed by atoms with Crippen molar-refractivity contribution in [2.45, 2.75) is 83.6 Å². The summed E-state index contributed by atoms with van der Waals surface area (Å²) >= 11 is 0. The molecule has 0 heterocycles. The van der Waals surface area contributed by atoms with E-state index in [9.17, 15) is 9.59 Å².